The summed E-state index contributed by atoms with van der Waals surface area (Å²) >= 11 is 6.84. The molecular weight excluding hydrogens is 380 g/mol. The molecule has 0 fully saturated rings. The largest absolute Gasteiger partial charge is 0.289 e. The Balaban J connectivity index is 2.29. The van der Waals surface area contributed by atoms with E-state index in [-0.39, 0.29) is 5.78 Å². The first-order valence-corrected chi connectivity index (χ1v) is 8.21. The zero-order valence-corrected chi connectivity index (χ0v) is 14.7. The van der Waals surface area contributed by atoms with E-state index in [1.165, 1.54) is 5.56 Å². The lowest BCUT2D eigenvalue weighted by Gasteiger charge is -2.10. The Morgan fingerprint density at radius 3 is 2.30 bits per heavy atom. The Bertz CT molecular complexity index is 617. The van der Waals surface area contributed by atoms with Crippen molar-refractivity contribution in [3.05, 3.63) is 68.1 Å². The minimum atomic E-state index is 0.0417. The molecule has 0 amide bonds. The molecule has 0 radical (unpaired) electrons. The van der Waals surface area contributed by atoms with Crippen LogP contribution in [0, 0.1) is 0 Å². The third-order valence-corrected chi connectivity index (χ3v) is 4.68. The molecule has 104 valence electrons. The molecule has 2 aromatic carbocycles. The highest BCUT2D eigenvalue weighted by Crippen LogP contribution is 2.25. The van der Waals surface area contributed by atoms with Gasteiger partial charge in [-0.3, -0.25) is 4.79 Å². The number of carbonyl (C=O) groups excluding carboxylic acids is 1. The van der Waals surface area contributed by atoms with Gasteiger partial charge < -0.3 is 0 Å². The number of hydrogen-bond acceptors (Lipinski definition) is 1. The van der Waals surface area contributed by atoms with Crippen LogP contribution in [0.4, 0.5) is 0 Å². The summed E-state index contributed by atoms with van der Waals surface area (Å²) in [4.78, 5) is 12.5. The Morgan fingerprint density at radius 1 is 1.10 bits per heavy atom. The van der Waals surface area contributed by atoms with Crippen LogP contribution in [0.15, 0.2) is 51.4 Å². The summed E-state index contributed by atoms with van der Waals surface area (Å²) in [5.41, 5.74) is 2.68. The fourth-order valence-electron chi connectivity index (χ4n) is 2.03. The van der Waals surface area contributed by atoms with Crippen LogP contribution in [0.2, 0.25) is 0 Å². The molecule has 3 heteroatoms. The van der Waals surface area contributed by atoms with Crippen molar-refractivity contribution in [2.75, 3.05) is 0 Å². The van der Waals surface area contributed by atoms with Gasteiger partial charge in [0.25, 0.3) is 0 Å². The van der Waals surface area contributed by atoms with E-state index in [0.717, 1.165) is 20.9 Å². The van der Waals surface area contributed by atoms with Crippen molar-refractivity contribution in [1.29, 1.82) is 0 Å². The van der Waals surface area contributed by atoms with Gasteiger partial charge in [0.15, 0.2) is 5.78 Å². The smallest absolute Gasteiger partial charge is 0.194 e. The topological polar surface area (TPSA) is 17.1 Å². The molecule has 0 aromatic heterocycles. The first-order valence-electron chi connectivity index (χ1n) is 6.62. The first kappa shape index (κ1) is 15.5. The van der Waals surface area contributed by atoms with Crippen molar-refractivity contribution in [3.63, 3.8) is 0 Å². The first-order chi connectivity index (χ1) is 9.52. The lowest BCUT2D eigenvalue weighted by molar-refractivity contribution is 0.103. The van der Waals surface area contributed by atoms with E-state index in [1.807, 2.05) is 42.5 Å². The van der Waals surface area contributed by atoms with Crippen LogP contribution in [0.1, 0.15) is 47.7 Å². The molecule has 2 aromatic rings. The van der Waals surface area contributed by atoms with Crippen LogP contribution in [-0.2, 0) is 0 Å². The van der Waals surface area contributed by atoms with Gasteiger partial charge in [0.1, 0.15) is 0 Å². The van der Waals surface area contributed by atoms with Gasteiger partial charge in [-0.2, -0.15) is 0 Å². The maximum absolute atomic E-state index is 12.5. The van der Waals surface area contributed by atoms with E-state index in [1.54, 1.807) is 0 Å². The van der Waals surface area contributed by atoms with E-state index in [2.05, 4.69) is 45.7 Å². The number of halogens is 2. The SMILES string of the molecule is CCC(C)c1ccc(C(=O)c2ccc(Br)cc2Br)cc1. The molecule has 0 N–H and O–H groups in total. The summed E-state index contributed by atoms with van der Waals surface area (Å²) in [6, 6.07) is 13.5. The number of benzene rings is 2. The molecule has 0 saturated carbocycles. The molecular formula is C17H16Br2O. The highest BCUT2D eigenvalue weighted by Gasteiger charge is 2.13. The molecule has 0 aliphatic heterocycles. The van der Waals surface area contributed by atoms with Gasteiger partial charge in [0, 0.05) is 20.1 Å². The van der Waals surface area contributed by atoms with Gasteiger partial charge in [-0.1, -0.05) is 54.0 Å². The third kappa shape index (κ3) is 3.39. The minimum Gasteiger partial charge on any atom is -0.289 e. The standard InChI is InChI=1S/C17H16Br2O/c1-3-11(2)12-4-6-13(7-5-12)17(20)15-9-8-14(18)10-16(15)19/h4-11H,3H2,1-2H3. The second-order valence-electron chi connectivity index (χ2n) is 4.88. The minimum absolute atomic E-state index is 0.0417. The molecule has 0 aliphatic rings. The van der Waals surface area contributed by atoms with Gasteiger partial charge in [0.2, 0.25) is 0 Å². The molecule has 0 heterocycles. The van der Waals surface area contributed by atoms with Crippen molar-refractivity contribution in [1.82, 2.24) is 0 Å². The van der Waals surface area contributed by atoms with Gasteiger partial charge in [-0.15, -0.1) is 0 Å². The zero-order valence-electron chi connectivity index (χ0n) is 11.5. The van der Waals surface area contributed by atoms with Crippen molar-refractivity contribution in [2.45, 2.75) is 26.2 Å². The maximum Gasteiger partial charge on any atom is 0.194 e. The van der Waals surface area contributed by atoms with Gasteiger partial charge in [-0.25, -0.2) is 0 Å². The summed E-state index contributed by atoms with van der Waals surface area (Å²) in [7, 11) is 0. The fourth-order valence-corrected chi connectivity index (χ4v) is 3.25. The van der Waals surface area contributed by atoms with Crippen molar-refractivity contribution in [2.24, 2.45) is 0 Å². The molecule has 0 bridgehead atoms. The summed E-state index contributed by atoms with van der Waals surface area (Å²) in [6.45, 7) is 4.37. The van der Waals surface area contributed by atoms with Gasteiger partial charge in [0.05, 0.1) is 0 Å². The molecule has 1 nitrogen and oxygen atoms in total. The summed E-state index contributed by atoms with van der Waals surface area (Å²) in [5, 5.41) is 0. The monoisotopic (exact) mass is 394 g/mol. The summed E-state index contributed by atoms with van der Waals surface area (Å²) < 4.78 is 1.76. The van der Waals surface area contributed by atoms with E-state index in [9.17, 15) is 4.79 Å². The van der Waals surface area contributed by atoms with E-state index < -0.39 is 0 Å². The summed E-state index contributed by atoms with van der Waals surface area (Å²) in [6.07, 6.45) is 1.10. The number of carbonyl (C=O) groups is 1. The molecule has 1 atom stereocenters. The normalized spacial score (nSPS) is 12.2. The quantitative estimate of drug-likeness (QED) is 0.584. The molecule has 20 heavy (non-hydrogen) atoms. The van der Waals surface area contributed by atoms with Crippen LogP contribution in [0.25, 0.3) is 0 Å². The lowest BCUT2D eigenvalue weighted by Crippen LogP contribution is -2.03. The molecule has 0 spiro atoms. The number of ketones is 1. The van der Waals surface area contributed by atoms with Crippen LogP contribution in [-0.4, -0.2) is 5.78 Å². The molecule has 1 unspecified atom stereocenters. The van der Waals surface area contributed by atoms with E-state index in [0.29, 0.717) is 11.5 Å². The lowest BCUT2D eigenvalue weighted by atomic mass is 9.95. The zero-order chi connectivity index (χ0) is 14.7. The van der Waals surface area contributed by atoms with E-state index >= 15 is 0 Å². The van der Waals surface area contributed by atoms with Crippen LogP contribution in [0.5, 0.6) is 0 Å². The van der Waals surface area contributed by atoms with Gasteiger partial charge >= 0.3 is 0 Å². The highest BCUT2D eigenvalue weighted by atomic mass is 79.9. The molecule has 2 rings (SSSR count). The van der Waals surface area contributed by atoms with Crippen molar-refractivity contribution in [3.8, 4) is 0 Å². The number of rotatable bonds is 4. The van der Waals surface area contributed by atoms with Crippen LogP contribution < -0.4 is 0 Å². The number of hydrogen-bond donors (Lipinski definition) is 0. The second-order valence-corrected chi connectivity index (χ2v) is 6.65. The predicted molar refractivity (Wildman–Crippen MR) is 90.4 cm³/mol. The second kappa shape index (κ2) is 6.68. The highest BCUT2D eigenvalue weighted by molar-refractivity contribution is 9.11. The average Bonchev–Trinajstić information content (AvgIpc) is 2.46. The van der Waals surface area contributed by atoms with Crippen molar-refractivity contribution >= 4 is 37.6 Å². The average molecular weight is 396 g/mol. The van der Waals surface area contributed by atoms with Crippen LogP contribution >= 0.6 is 31.9 Å². The maximum atomic E-state index is 12.5. The predicted octanol–water partition coefficient (Wildman–Crippen LogP) is 5.96. The van der Waals surface area contributed by atoms with E-state index in [4.69, 9.17) is 0 Å². The summed E-state index contributed by atoms with van der Waals surface area (Å²) in [5.74, 6) is 0.568. The Kier molecular flexibility index (Phi) is 5.17. The fraction of sp³-hybridized carbons (Fsp3) is 0.235. The Hall–Kier alpha value is -0.930. The van der Waals surface area contributed by atoms with Gasteiger partial charge in [-0.05, 0) is 52.0 Å². The van der Waals surface area contributed by atoms with Crippen molar-refractivity contribution < 1.29 is 4.79 Å². The molecule has 0 aliphatic carbocycles. The Labute approximate surface area is 136 Å². The Morgan fingerprint density at radius 2 is 1.75 bits per heavy atom. The molecule has 0 saturated heterocycles. The van der Waals surface area contributed by atoms with Crippen LogP contribution in [0.3, 0.4) is 0 Å². The third-order valence-electron chi connectivity index (χ3n) is 3.53.